The first-order valence-electron chi connectivity index (χ1n) is 11.3. The molecule has 0 aromatic heterocycles. The Morgan fingerprint density at radius 2 is 1.75 bits per heavy atom. The number of aliphatic imine (C=N–C) groups is 1. The van der Waals surface area contributed by atoms with E-state index in [4.69, 9.17) is 9.73 Å². The van der Waals surface area contributed by atoms with Crippen LogP contribution in [-0.4, -0.2) is 85.6 Å². The van der Waals surface area contributed by atoms with Crippen molar-refractivity contribution in [3.8, 4) is 0 Å². The molecular weight excluding hydrogens is 402 g/mol. The van der Waals surface area contributed by atoms with Crippen molar-refractivity contribution in [2.45, 2.75) is 25.2 Å². The molecule has 170 valence electrons. The standard InChI is InChI=1S/C25H33N5O2/c1-28(2)24(31)16-27-25(26-15-20-9-5-3-6-10-20)30-18-22-23(19-30)32-14-13-29(22)17-21-11-7-4-8-12-21/h3-12,22-23H,13-19H2,1-2H3,(H,26,27). The summed E-state index contributed by atoms with van der Waals surface area (Å²) >= 11 is 0. The van der Waals surface area contributed by atoms with E-state index in [1.807, 2.05) is 18.2 Å². The maximum Gasteiger partial charge on any atom is 0.241 e. The third kappa shape index (κ3) is 5.66. The van der Waals surface area contributed by atoms with Crippen LogP contribution in [0.5, 0.6) is 0 Å². The lowest BCUT2D eigenvalue weighted by Gasteiger charge is -2.36. The number of carbonyl (C=O) groups excluding carboxylic acids is 1. The maximum absolute atomic E-state index is 12.2. The van der Waals surface area contributed by atoms with Crippen molar-refractivity contribution in [2.24, 2.45) is 4.99 Å². The number of nitrogens with one attached hydrogen (secondary N) is 1. The predicted molar refractivity (Wildman–Crippen MR) is 126 cm³/mol. The Morgan fingerprint density at radius 1 is 1.06 bits per heavy atom. The van der Waals surface area contributed by atoms with Crippen LogP contribution in [0.2, 0.25) is 0 Å². The highest BCUT2D eigenvalue weighted by Crippen LogP contribution is 2.25. The van der Waals surface area contributed by atoms with Crippen molar-refractivity contribution in [3.63, 3.8) is 0 Å². The molecule has 2 atom stereocenters. The minimum absolute atomic E-state index is 0.0241. The maximum atomic E-state index is 12.2. The second-order valence-corrected chi connectivity index (χ2v) is 8.60. The monoisotopic (exact) mass is 435 g/mol. The summed E-state index contributed by atoms with van der Waals surface area (Å²) in [4.78, 5) is 23.4. The van der Waals surface area contributed by atoms with Crippen LogP contribution in [0, 0.1) is 0 Å². The molecule has 32 heavy (non-hydrogen) atoms. The van der Waals surface area contributed by atoms with E-state index in [1.54, 1.807) is 19.0 Å². The van der Waals surface area contributed by atoms with Gasteiger partial charge in [-0.05, 0) is 11.1 Å². The number of benzene rings is 2. The topological polar surface area (TPSA) is 60.4 Å². The molecule has 0 spiro atoms. The first-order valence-corrected chi connectivity index (χ1v) is 11.3. The zero-order valence-corrected chi connectivity index (χ0v) is 19.0. The van der Waals surface area contributed by atoms with Crippen molar-refractivity contribution in [2.75, 3.05) is 46.9 Å². The lowest BCUT2D eigenvalue weighted by Crippen LogP contribution is -2.50. The number of nitrogens with zero attached hydrogens (tertiary/aromatic N) is 4. The van der Waals surface area contributed by atoms with Crippen molar-refractivity contribution in [1.82, 2.24) is 20.0 Å². The molecule has 2 aromatic rings. The van der Waals surface area contributed by atoms with Gasteiger partial charge in [0.15, 0.2) is 5.96 Å². The Balaban J connectivity index is 1.47. The predicted octanol–water partition coefficient (Wildman–Crippen LogP) is 1.81. The zero-order chi connectivity index (χ0) is 22.3. The number of carbonyl (C=O) groups is 1. The quantitative estimate of drug-likeness (QED) is 0.554. The van der Waals surface area contributed by atoms with Crippen molar-refractivity contribution in [3.05, 3.63) is 71.8 Å². The fourth-order valence-corrected chi connectivity index (χ4v) is 4.28. The molecule has 2 fully saturated rings. The van der Waals surface area contributed by atoms with Gasteiger partial charge in [0.05, 0.1) is 31.8 Å². The number of hydrogen-bond acceptors (Lipinski definition) is 4. The highest BCUT2D eigenvalue weighted by atomic mass is 16.5. The molecule has 4 rings (SSSR count). The van der Waals surface area contributed by atoms with E-state index >= 15 is 0 Å². The van der Waals surface area contributed by atoms with Gasteiger partial charge in [0, 0.05) is 40.3 Å². The van der Waals surface area contributed by atoms with E-state index in [9.17, 15) is 4.79 Å². The molecule has 0 bridgehead atoms. The zero-order valence-electron chi connectivity index (χ0n) is 19.0. The SMILES string of the molecule is CN(C)C(=O)CNC(=NCc1ccccc1)N1CC2OCCN(Cc3ccccc3)C2C1. The van der Waals surface area contributed by atoms with E-state index < -0.39 is 0 Å². The van der Waals surface area contributed by atoms with Gasteiger partial charge < -0.3 is 19.9 Å². The van der Waals surface area contributed by atoms with Gasteiger partial charge in [0.25, 0.3) is 0 Å². The van der Waals surface area contributed by atoms with Crippen LogP contribution in [0.4, 0.5) is 0 Å². The van der Waals surface area contributed by atoms with Crippen LogP contribution in [0.3, 0.4) is 0 Å². The Kier molecular flexibility index (Phi) is 7.39. The molecular formula is C25H33N5O2. The Labute approximate surface area is 190 Å². The van der Waals surface area contributed by atoms with Crippen LogP contribution in [0.25, 0.3) is 0 Å². The summed E-state index contributed by atoms with van der Waals surface area (Å²) in [5.74, 6) is 0.790. The van der Waals surface area contributed by atoms with Crippen LogP contribution >= 0.6 is 0 Å². The summed E-state index contributed by atoms with van der Waals surface area (Å²) in [6.07, 6.45) is 0.140. The number of guanidine groups is 1. The average molecular weight is 436 g/mol. The van der Waals surface area contributed by atoms with Gasteiger partial charge in [-0.1, -0.05) is 60.7 Å². The molecule has 2 unspecified atom stereocenters. The van der Waals surface area contributed by atoms with Crippen molar-refractivity contribution >= 4 is 11.9 Å². The van der Waals surface area contributed by atoms with E-state index in [1.165, 1.54) is 5.56 Å². The van der Waals surface area contributed by atoms with E-state index in [2.05, 4.69) is 57.6 Å². The number of likely N-dealkylation sites (N-methyl/N-ethyl adjacent to an activating group) is 1. The molecule has 1 amide bonds. The molecule has 2 aromatic carbocycles. The normalized spacial score (nSPS) is 21.3. The van der Waals surface area contributed by atoms with Gasteiger partial charge in [0.2, 0.25) is 5.91 Å². The minimum Gasteiger partial charge on any atom is -0.373 e. The van der Waals surface area contributed by atoms with E-state index in [0.29, 0.717) is 12.6 Å². The molecule has 2 saturated heterocycles. The first-order chi connectivity index (χ1) is 15.6. The average Bonchev–Trinajstić information content (AvgIpc) is 3.25. The lowest BCUT2D eigenvalue weighted by molar-refractivity contribution is -0.127. The van der Waals surface area contributed by atoms with Gasteiger partial charge in [-0.25, -0.2) is 4.99 Å². The summed E-state index contributed by atoms with van der Waals surface area (Å²) in [6.45, 7) is 4.97. The van der Waals surface area contributed by atoms with Gasteiger partial charge in [-0.15, -0.1) is 0 Å². The van der Waals surface area contributed by atoms with Gasteiger partial charge in [-0.3, -0.25) is 9.69 Å². The lowest BCUT2D eigenvalue weighted by atomic mass is 10.1. The number of morpholine rings is 1. The van der Waals surface area contributed by atoms with Crippen molar-refractivity contribution in [1.29, 1.82) is 0 Å². The van der Waals surface area contributed by atoms with Gasteiger partial charge >= 0.3 is 0 Å². The Hall–Kier alpha value is -2.90. The molecule has 0 saturated carbocycles. The van der Waals surface area contributed by atoms with Gasteiger partial charge in [0.1, 0.15) is 0 Å². The van der Waals surface area contributed by atoms with E-state index in [0.717, 1.165) is 44.3 Å². The number of fused-ring (bicyclic) bond motifs is 1. The summed E-state index contributed by atoms with van der Waals surface area (Å²) < 4.78 is 6.14. The fourth-order valence-electron chi connectivity index (χ4n) is 4.28. The summed E-state index contributed by atoms with van der Waals surface area (Å²) in [5.41, 5.74) is 2.46. The second kappa shape index (κ2) is 10.6. The van der Waals surface area contributed by atoms with Gasteiger partial charge in [-0.2, -0.15) is 0 Å². The van der Waals surface area contributed by atoms with Crippen LogP contribution in [0.15, 0.2) is 65.7 Å². The molecule has 2 aliphatic rings. The van der Waals surface area contributed by atoms with Crippen LogP contribution in [-0.2, 0) is 22.6 Å². The highest BCUT2D eigenvalue weighted by Gasteiger charge is 2.41. The minimum atomic E-state index is 0.0241. The third-order valence-corrected chi connectivity index (χ3v) is 6.10. The number of hydrogen-bond donors (Lipinski definition) is 1. The smallest absolute Gasteiger partial charge is 0.241 e. The molecule has 7 heteroatoms. The first kappa shape index (κ1) is 22.3. The van der Waals surface area contributed by atoms with Crippen LogP contribution < -0.4 is 5.32 Å². The number of rotatable bonds is 6. The highest BCUT2D eigenvalue weighted by molar-refractivity contribution is 5.86. The molecule has 1 N–H and O–H groups in total. The fraction of sp³-hybridized carbons (Fsp3) is 0.440. The largest absolute Gasteiger partial charge is 0.373 e. The Morgan fingerprint density at radius 3 is 2.44 bits per heavy atom. The van der Waals surface area contributed by atoms with Crippen molar-refractivity contribution < 1.29 is 9.53 Å². The van der Waals surface area contributed by atoms with E-state index in [-0.39, 0.29) is 18.6 Å². The molecule has 2 heterocycles. The van der Waals surface area contributed by atoms with Crippen LogP contribution in [0.1, 0.15) is 11.1 Å². The summed E-state index contributed by atoms with van der Waals surface area (Å²) in [6, 6.07) is 21.1. The Bertz CT molecular complexity index is 903. The second-order valence-electron chi connectivity index (χ2n) is 8.60. The summed E-state index contributed by atoms with van der Waals surface area (Å²) in [7, 11) is 3.54. The number of amides is 1. The molecule has 2 aliphatic heterocycles. The third-order valence-electron chi connectivity index (χ3n) is 6.10. The summed E-state index contributed by atoms with van der Waals surface area (Å²) in [5, 5.41) is 3.30. The molecule has 0 aliphatic carbocycles. The number of ether oxygens (including phenoxy) is 1. The molecule has 7 nitrogen and oxygen atoms in total. The number of likely N-dealkylation sites (tertiary alicyclic amines) is 1. The molecule has 0 radical (unpaired) electrons.